The number of piperazine rings is 1. The first-order valence-corrected chi connectivity index (χ1v) is 11.1. The average Bonchev–Trinajstić information content (AvgIpc) is 3.31. The molecular weight excluding hydrogens is 449 g/mol. The van der Waals surface area contributed by atoms with Crippen LogP contribution in [-0.4, -0.2) is 58.6 Å². The van der Waals surface area contributed by atoms with Gasteiger partial charge in [-0.1, -0.05) is 35.5 Å². The van der Waals surface area contributed by atoms with Crippen molar-refractivity contribution in [2.24, 2.45) is 0 Å². The number of hydrogen-bond donors (Lipinski definition) is 0. The maximum Gasteiger partial charge on any atom is 0.416 e. The quantitative estimate of drug-likeness (QED) is 0.455. The summed E-state index contributed by atoms with van der Waals surface area (Å²) in [5.74, 6) is 1.33. The summed E-state index contributed by atoms with van der Waals surface area (Å²) in [6.45, 7) is 3.33. The van der Waals surface area contributed by atoms with Crippen LogP contribution in [0.5, 0.6) is 5.75 Å². The lowest BCUT2D eigenvalue weighted by atomic mass is 10.1. The smallest absolute Gasteiger partial charge is 0.416 e. The summed E-state index contributed by atoms with van der Waals surface area (Å²) in [5, 5.41) is 3.83. The molecule has 180 valence electrons. The normalized spacial score (nSPS) is 14.9. The number of alkyl halides is 3. The summed E-state index contributed by atoms with van der Waals surface area (Å²) in [6.07, 6.45) is -3.36. The highest BCUT2D eigenvalue weighted by Gasteiger charge is 2.31. The number of amides is 1. The fraction of sp³-hybridized carbons (Fsp3) is 0.375. The molecule has 0 atom stereocenters. The second kappa shape index (κ2) is 10.7. The van der Waals surface area contributed by atoms with Crippen molar-refractivity contribution in [2.45, 2.75) is 25.6 Å². The number of ether oxygens (including phenoxy) is 1. The molecule has 0 spiro atoms. The van der Waals surface area contributed by atoms with Gasteiger partial charge in [0, 0.05) is 38.2 Å². The molecule has 0 N–H and O–H groups in total. The first-order valence-electron chi connectivity index (χ1n) is 11.1. The van der Waals surface area contributed by atoms with E-state index in [4.69, 9.17) is 9.26 Å². The molecule has 0 unspecified atom stereocenters. The molecule has 7 nitrogen and oxygen atoms in total. The van der Waals surface area contributed by atoms with E-state index in [1.54, 1.807) is 0 Å². The van der Waals surface area contributed by atoms with Crippen molar-refractivity contribution in [1.29, 1.82) is 0 Å². The minimum atomic E-state index is -4.44. The van der Waals surface area contributed by atoms with E-state index in [2.05, 4.69) is 15.0 Å². The van der Waals surface area contributed by atoms with Crippen molar-refractivity contribution in [1.82, 2.24) is 19.9 Å². The molecule has 0 bridgehead atoms. The van der Waals surface area contributed by atoms with Gasteiger partial charge in [0.15, 0.2) is 0 Å². The summed E-state index contributed by atoms with van der Waals surface area (Å²) in [5.41, 5.74) is -0.514. The van der Waals surface area contributed by atoms with Gasteiger partial charge in [-0.25, -0.2) is 0 Å². The summed E-state index contributed by atoms with van der Waals surface area (Å²) in [6, 6.07) is 14.3. The van der Waals surface area contributed by atoms with Gasteiger partial charge in [0.05, 0.1) is 18.7 Å². The maximum absolute atomic E-state index is 12.9. The zero-order valence-electron chi connectivity index (χ0n) is 18.5. The van der Waals surface area contributed by atoms with Crippen molar-refractivity contribution in [3.05, 3.63) is 66.1 Å². The van der Waals surface area contributed by atoms with Crippen LogP contribution in [-0.2, 0) is 17.5 Å². The zero-order chi connectivity index (χ0) is 24.0. The van der Waals surface area contributed by atoms with E-state index in [9.17, 15) is 18.0 Å². The lowest BCUT2D eigenvalue weighted by molar-refractivity contribution is -0.137. The largest absolute Gasteiger partial charge is 0.494 e. The molecule has 3 aromatic rings. The van der Waals surface area contributed by atoms with Crippen molar-refractivity contribution in [3.8, 4) is 17.1 Å². The molecule has 2 heterocycles. The Morgan fingerprint density at radius 2 is 1.79 bits per heavy atom. The van der Waals surface area contributed by atoms with E-state index in [1.807, 2.05) is 35.2 Å². The van der Waals surface area contributed by atoms with E-state index in [-0.39, 0.29) is 17.3 Å². The van der Waals surface area contributed by atoms with Crippen LogP contribution in [0.1, 0.15) is 24.3 Å². The topological polar surface area (TPSA) is 71.7 Å². The molecule has 0 saturated carbocycles. The summed E-state index contributed by atoms with van der Waals surface area (Å²) < 4.78 is 49.7. The third-order valence-electron chi connectivity index (χ3n) is 5.55. The first-order chi connectivity index (χ1) is 16.4. The minimum absolute atomic E-state index is 0.0981. The number of aromatic nitrogens is 2. The number of hydrogen-bond acceptors (Lipinski definition) is 6. The molecule has 1 aliphatic rings. The van der Waals surface area contributed by atoms with E-state index in [0.717, 1.165) is 17.9 Å². The molecule has 1 saturated heterocycles. The molecule has 1 fully saturated rings. The van der Waals surface area contributed by atoms with Gasteiger partial charge in [-0.2, -0.15) is 18.2 Å². The Balaban J connectivity index is 1.21. The molecule has 34 heavy (non-hydrogen) atoms. The van der Waals surface area contributed by atoms with E-state index >= 15 is 0 Å². The summed E-state index contributed by atoms with van der Waals surface area (Å²) in [4.78, 5) is 20.6. The van der Waals surface area contributed by atoms with Crippen molar-refractivity contribution < 1.29 is 27.2 Å². The third-order valence-corrected chi connectivity index (χ3v) is 5.55. The van der Waals surface area contributed by atoms with Crippen molar-refractivity contribution in [2.75, 3.05) is 32.8 Å². The van der Waals surface area contributed by atoms with Crippen LogP contribution in [0.25, 0.3) is 11.4 Å². The Hall–Kier alpha value is -3.40. The molecule has 1 aliphatic heterocycles. The van der Waals surface area contributed by atoms with Crippen LogP contribution in [0.15, 0.2) is 59.1 Å². The molecule has 4 rings (SSSR count). The number of carbonyl (C=O) groups excluding carboxylic acids is 1. The van der Waals surface area contributed by atoms with Gasteiger partial charge in [-0.3, -0.25) is 9.69 Å². The SMILES string of the molecule is O=C(CCCOc1ccccc1)N1CCN(Cc2nc(-c3cccc(C(F)(F)F)c3)no2)CC1. The number of para-hydroxylation sites is 1. The number of halogens is 3. The maximum atomic E-state index is 12.9. The van der Waals surface area contributed by atoms with Crippen LogP contribution in [0.2, 0.25) is 0 Å². The monoisotopic (exact) mass is 474 g/mol. The van der Waals surface area contributed by atoms with Gasteiger partial charge in [-0.05, 0) is 30.7 Å². The van der Waals surface area contributed by atoms with Crippen LogP contribution in [0.4, 0.5) is 13.2 Å². The average molecular weight is 474 g/mol. The first kappa shape index (κ1) is 23.7. The van der Waals surface area contributed by atoms with E-state index < -0.39 is 11.7 Å². The fourth-order valence-electron chi connectivity index (χ4n) is 3.71. The molecule has 0 radical (unpaired) electrons. The molecule has 0 aliphatic carbocycles. The summed E-state index contributed by atoms with van der Waals surface area (Å²) >= 11 is 0. The van der Waals surface area contributed by atoms with Crippen LogP contribution < -0.4 is 4.74 Å². The summed E-state index contributed by atoms with van der Waals surface area (Å²) in [7, 11) is 0. The highest BCUT2D eigenvalue weighted by molar-refractivity contribution is 5.76. The zero-order valence-corrected chi connectivity index (χ0v) is 18.5. The van der Waals surface area contributed by atoms with Crippen molar-refractivity contribution in [3.63, 3.8) is 0 Å². The van der Waals surface area contributed by atoms with Gasteiger partial charge in [0.2, 0.25) is 17.6 Å². The predicted molar refractivity (Wildman–Crippen MR) is 118 cm³/mol. The predicted octanol–water partition coefficient (Wildman–Crippen LogP) is 4.26. The lowest BCUT2D eigenvalue weighted by Gasteiger charge is -2.34. The second-order valence-corrected chi connectivity index (χ2v) is 8.01. The highest BCUT2D eigenvalue weighted by atomic mass is 19.4. The third kappa shape index (κ3) is 6.34. The number of benzene rings is 2. The number of nitrogens with zero attached hydrogens (tertiary/aromatic N) is 4. The Morgan fingerprint density at radius 1 is 1.03 bits per heavy atom. The van der Waals surface area contributed by atoms with Gasteiger partial charge >= 0.3 is 6.18 Å². The van der Waals surface area contributed by atoms with Crippen LogP contribution in [0.3, 0.4) is 0 Å². The Kier molecular flexibility index (Phi) is 7.46. The lowest BCUT2D eigenvalue weighted by Crippen LogP contribution is -2.48. The molecule has 2 aromatic carbocycles. The number of carbonyl (C=O) groups is 1. The minimum Gasteiger partial charge on any atom is -0.494 e. The van der Waals surface area contributed by atoms with Crippen LogP contribution >= 0.6 is 0 Å². The number of rotatable bonds is 8. The van der Waals surface area contributed by atoms with E-state index in [0.29, 0.717) is 58.1 Å². The molecular formula is C24H25F3N4O3. The van der Waals surface area contributed by atoms with E-state index in [1.165, 1.54) is 12.1 Å². The second-order valence-electron chi connectivity index (χ2n) is 8.01. The molecule has 1 amide bonds. The Bertz CT molecular complexity index is 1080. The molecule has 10 heteroatoms. The standard InChI is InChI=1S/C24H25F3N4O3/c25-24(26,27)19-7-4-6-18(16-19)23-28-21(34-29-23)17-30-11-13-31(14-12-30)22(32)10-5-15-33-20-8-2-1-3-9-20/h1-4,6-9,16H,5,10-15,17H2. The Labute approximate surface area is 195 Å². The van der Waals surface area contributed by atoms with Crippen molar-refractivity contribution >= 4 is 5.91 Å². The highest BCUT2D eigenvalue weighted by Crippen LogP contribution is 2.31. The van der Waals surface area contributed by atoms with Gasteiger partial charge < -0.3 is 14.2 Å². The Morgan fingerprint density at radius 3 is 2.53 bits per heavy atom. The fourth-order valence-corrected chi connectivity index (χ4v) is 3.71. The van der Waals surface area contributed by atoms with Gasteiger partial charge in [0.25, 0.3) is 0 Å². The van der Waals surface area contributed by atoms with Crippen LogP contribution in [0, 0.1) is 0 Å². The van der Waals surface area contributed by atoms with Gasteiger partial charge in [-0.15, -0.1) is 0 Å². The van der Waals surface area contributed by atoms with Gasteiger partial charge in [0.1, 0.15) is 5.75 Å². The molecule has 1 aromatic heterocycles.